The van der Waals surface area contributed by atoms with Crippen LogP contribution in [0.3, 0.4) is 0 Å². The van der Waals surface area contributed by atoms with Crippen molar-refractivity contribution >= 4 is 0 Å². The summed E-state index contributed by atoms with van der Waals surface area (Å²) in [4.78, 5) is 0. The molecule has 0 aromatic rings. The Labute approximate surface area is 37.5 Å². The highest BCUT2D eigenvalue weighted by molar-refractivity contribution is 5.01. The van der Waals surface area contributed by atoms with Gasteiger partial charge >= 0.3 is 0 Å². The van der Waals surface area contributed by atoms with Gasteiger partial charge in [-0.25, -0.2) is 0 Å². The zero-order valence-corrected chi connectivity index (χ0v) is 3.89. The van der Waals surface area contributed by atoms with Crippen LogP contribution < -0.4 is 11.5 Å². The molecule has 0 amide bonds. The van der Waals surface area contributed by atoms with Crippen molar-refractivity contribution in [3.63, 3.8) is 0 Å². The van der Waals surface area contributed by atoms with Crippen molar-refractivity contribution in [1.29, 1.82) is 0 Å². The quantitative estimate of drug-likeness (QED) is 0.409. The first-order valence-electron chi connectivity index (χ1n) is 2.24. The molecule has 0 saturated heterocycles. The SMILES string of the molecule is C[C@@H]1C(N)[C@@H]1N. The van der Waals surface area contributed by atoms with Crippen LogP contribution in [-0.4, -0.2) is 12.1 Å². The zero-order valence-electron chi connectivity index (χ0n) is 3.89. The molecule has 0 aliphatic heterocycles. The van der Waals surface area contributed by atoms with Crippen molar-refractivity contribution < 1.29 is 0 Å². The fourth-order valence-electron chi connectivity index (χ4n) is 0.526. The molecule has 1 aliphatic rings. The van der Waals surface area contributed by atoms with Gasteiger partial charge in [-0.15, -0.1) is 0 Å². The summed E-state index contributed by atoms with van der Waals surface area (Å²) in [6.07, 6.45) is 0. The van der Waals surface area contributed by atoms with E-state index in [1.54, 1.807) is 0 Å². The molecule has 36 valence electrons. The Morgan fingerprint density at radius 1 is 1.17 bits per heavy atom. The average molecular weight is 86.1 g/mol. The van der Waals surface area contributed by atoms with Crippen molar-refractivity contribution in [2.45, 2.75) is 19.0 Å². The Kier molecular flexibility index (Phi) is 0.648. The molecule has 1 rings (SSSR count). The lowest BCUT2D eigenvalue weighted by atomic mass is 10.5. The zero-order chi connectivity index (χ0) is 4.73. The Morgan fingerprint density at radius 3 is 1.33 bits per heavy atom. The predicted molar refractivity (Wildman–Crippen MR) is 25.1 cm³/mol. The van der Waals surface area contributed by atoms with Gasteiger partial charge in [-0.2, -0.15) is 0 Å². The molecule has 2 heteroatoms. The second-order valence-corrected chi connectivity index (χ2v) is 2.01. The van der Waals surface area contributed by atoms with E-state index in [0.29, 0.717) is 18.0 Å². The number of hydrogen-bond donors (Lipinski definition) is 2. The standard InChI is InChI=1S/C4H10N2/c1-2-3(5)4(2)6/h2-4H,5-6H2,1H3/t2-,3+,4?/m0/s1. The summed E-state index contributed by atoms with van der Waals surface area (Å²) in [5.41, 5.74) is 10.8. The largest absolute Gasteiger partial charge is 0.326 e. The van der Waals surface area contributed by atoms with Gasteiger partial charge in [0.25, 0.3) is 0 Å². The van der Waals surface area contributed by atoms with Gasteiger partial charge in [0.1, 0.15) is 0 Å². The first kappa shape index (κ1) is 4.09. The van der Waals surface area contributed by atoms with Gasteiger partial charge in [-0.05, 0) is 5.92 Å². The highest BCUT2D eigenvalue weighted by atomic mass is 14.9. The van der Waals surface area contributed by atoms with E-state index in [1.807, 2.05) is 0 Å². The van der Waals surface area contributed by atoms with Crippen LogP contribution in [-0.2, 0) is 0 Å². The lowest BCUT2D eigenvalue weighted by molar-refractivity contribution is 0.879. The molecule has 1 unspecified atom stereocenters. The lowest BCUT2D eigenvalue weighted by Crippen LogP contribution is -2.12. The molecule has 1 aliphatic carbocycles. The van der Waals surface area contributed by atoms with E-state index < -0.39 is 0 Å². The lowest BCUT2D eigenvalue weighted by Gasteiger charge is -1.70. The smallest absolute Gasteiger partial charge is 0.0237 e. The molecule has 2 nitrogen and oxygen atoms in total. The Morgan fingerprint density at radius 2 is 1.33 bits per heavy atom. The van der Waals surface area contributed by atoms with Gasteiger partial charge in [0.2, 0.25) is 0 Å². The third kappa shape index (κ3) is 0.340. The van der Waals surface area contributed by atoms with Crippen molar-refractivity contribution in [3.05, 3.63) is 0 Å². The van der Waals surface area contributed by atoms with Gasteiger partial charge in [-0.3, -0.25) is 0 Å². The first-order valence-corrected chi connectivity index (χ1v) is 2.24. The number of hydrogen-bond acceptors (Lipinski definition) is 2. The molecule has 0 aromatic carbocycles. The van der Waals surface area contributed by atoms with E-state index >= 15 is 0 Å². The molecular weight excluding hydrogens is 76.1 g/mol. The van der Waals surface area contributed by atoms with Crippen LogP contribution in [0.25, 0.3) is 0 Å². The van der Waals surface area contributed by atoms with Crippen molar-refractivity contribution in [2.24, 2.45) is 17.4 Å². The van der Waals surface area contributed by atoms with Crippen molar-refractivity contribution in [2.75, 3.05) is 0 Å². The third-order valence-corrected chi connectivity index (χ3v) is 1.52. The molecule has 6 heavy (non-hydrogen) atoms. The molecule has 0 aromatic heterocycles. The van der Waals surface area contributed by atoms with Gasteiger partial charge in [0, 0.05) is 12.1 Å². The summed E-state index contributed by atoms with van der Waals surface area (Å²) in [5.74, 6) is 0.574. The predicted octanol–water partition coefficient (Wildman–Crippen LogP) is -0.709. The number of rotatable bonds is 0. The van der Waals surface area contributed by atoms with Crippen LogP contribution >= 0.6 is 0 Å². The monoisotopic (exact) mass is 86.1 g/mol. The molecular formula is C4H10N2. The van der Waals surface area contributed by atoms with Crippen LogP contribution in [0, 0.1) is 5.92 Å². The molecule has 3 atom stereocenters. The highest BCUT2D eigenvalue weighted by Crippen LogP contribution is 2.24. The molecule has 1 fully saturated rings. The van der Waals surface area contributed by atoms with Crippen LogP contribution in [0.2, 0.25) is 0 Å². The molecule has 0 bridgehead atoms. The van der Waals surface area contributed by atoms with Crippen molar-refractivity contribution in [1.82, 2.24) is 0 Å². The van der Waals surface area contributed by atoms with Crippen LogP contribution in [0.15, 0.2) is 0 Å². The summed E-state index contributed by atoms with van der Waals surface area (Å²) in [5, 5.41) is 0. The Balaban J connectivity index is 2.31. The number of nitrogens with two attached hydrogens (primary N) is 2. The molecule has 0 radical (unpaired) electrons. The van der Waals surface area contributed by atoms with Crippen molar-refractivity contribution in [3.8, 4) is 0 Å². The second-order valence-electron chi connectivity index (χ2n) is 2.01. The Hall–Kier alpha value is -0.0800. The fraction of sp³-hybridized carbons (Fsp3) is 1.00. The second kappa shape index (κ2) is 0.950. The minimum Gasteiger partial charge on any atom is -0.326 e. The summed E-state index contributed by atoms with van der Waals surface area (Å²) in [6, 6.07) is 0.593. The first-order chi connectivity index (χ1) is 2.73. The third-order valence-electron chi connectivity index (χ3n) is 1.52. The van der Waals surface area contributed by atoms with E-state index in [0.717, 1.165) is 0 Å². The van der Waals surface area contributed by atoms with E-state index in [-0.39, 0.29) is 0 Å². The van der Waals surface area contributed by atoms with Crippen LogP contribution in [0.4, 0.5) is 0 Å². The van der Waals surface area contributed by atoms with Crippen LogP contribution in [0.5, 0.6) is 0 Å². The van der Waals surface area contributed by atoms with Gasteiger partial charge in [0.05, 0.1) is 0 Å². The van der Waals surface area contributed by atoms with E-state index in [1.165, 1.54) is 0 Å². The minimum absolute atomic E-state index is 0.296. The molecule has 1 saturated carbocycles. The minimum atomic E-state index is 0.296. The summed E-state index contributed by atoms with van der Waals surface area (Å²) in [7, 11) is 0. The summed E-state index contributed by atoms with van der Waals surface area (Å²) in [6.45, 7) is 2.06. The van der Waals surface area contributed by atoms with Gasteiger partial charge in [0.15, 0.2) is 0 Å². The maximum Gasteiger partial charge on any atom is 0.0237 e. The van der Waals surface area contributed by atoms with E-state index in [4.69, 9.17) is 11.5 Å². The highest BCUT2D eigenvalue weighted by Gasteiger charge is 2.39. The molecule has 4 N–H and O–H groups in total. The maximum atomic E-state index is 5.38. The summed E-state index contributed by atoms with van der Waals surface area (Å²) < 4.78 is 0. The average Bonchev–Trinajstić information content (AvgIpc) is 1.94. The fourth-order valence-corrected chi connectivity index (χ4v) is 0.526. The summed E-state index contributed by atoms with van der Waals surface area (Å²) >= 11 is 0. The van der Waals surface area contributed by atoms with E-state index in [9.17, 15) is 0 Å². The molecule has 0 spiro atoms. The topological polar surface area (TPSA) is 52.0 Å². The Bertz CT molecular complexity index is 42.3. The van der Waals surface area contributed by atoms with Gasteiger partial charge < -0.3 is 11.5 Å². The van der Waals surface area contributed by atoms with Crippen LogP contribution in [0.1, 0.15) is 6.92 Å². The molecule has 0 heterocycles. The van der Waals surface area contributed by atoms with Gasteiger partial charge in [-0.1, -0.05) is 6.92 Å². The van der Waals surface area contributed by atoms with E-state index in [2.05, 4.69) is 6.92 Å². The normalized spacial score (nSPS) is 55.5. The maximum absolute atomic E-state index is 5.38.